The van der Waals surface area contributed by atoms with E-state index in [1.165, 1.54) is 0 Å². The van der Waals surface area contributed by atoms with Crippen LogP contribution >= 0.6 is 0 Å². The first kappa shape index (κ1) is 18.8. The number of aromatic amines is 1. The third-order valence-corrected chi connectivity index (χ3v) is 4.77. The summed E-state index contributed by atoms with van der Waals surface area (Å²) in [4.78, 5) is 27.9. The lowest BCUT2D eigenvalue weighted by Gasteiger charge is -2.12. The molecule has 0 aliphatic rings. The number of aryl methyl sites for hydroxylation is 2. The Bertz CT molecular complexity index is 1010. The molecule has 0 aliphatic carbocycles. The molecule has 0 aliphatic heterocycles. The van der Waals surface area contributed by atoms with E-state index in [1.807, 2.05) is 38.1 Å². The molecule has 1 amide bonds. The van der Waals surface area contributed by atoms with Crippen molar-refractivity contribution in [2.24, 2.45) is 0 Å². The first-order chi connectivity index (χ1) is 12.8. The standard InChI is InChI=1S/C21H24N2O4/c1-6-26-21(25)17-12(3)18(22-13(17)4)20(24)23-14(5)19-11(2)15-9-7-8-10-16(15)27-19/h7-10,14,22H,6H2,1-5H3,(H,23,24). The number of furan rings is 1. The van der Waals surface area contributed by atoms with E-state index < -0.39 is 5.97 Å². The molecular formula is C21H24N2O4. The Morgan fingerprint density at radius 3 is 2.56 bits per heavy atom. The van der Waals surface area contributed by atoms with Crippen LogP contribution in [0.3, 0.4) is 0 Å². The summed E-state index contributed by atoms with van der Waals surface area (Å²) in [5.41, 5.74) is 3.76. The fraction of sp³-hybridized carbons (Fsp3) is 0.333. The van der Waals surface area contributed by atoms with Gasteiger partial charge in [0, 0.05) is 16.6 Å². The van der Waals surface area contributed by atoms with Crippen LogP contribution in [0.1, 0.15) is 63.3 Å². The van der Waals surface area contributed by atoms with Gasteiger partial charge in [-0.05, 0) is 46.2 Å². The normalized spacial score (nSPS) is 12.2. The van der Waals surface area contributed by atoms with Crippen LogP contribution in [0.25, 0.3) is 11.0 Å². The van der Waals surface area contributed by atoms with E-state index in [9.17, 15) is 9.59 Å². The number of rotatable bonds is 5. The highest BCUT2D eigenvalue weighted by molar-refractivity contribution is 6.00. The van der Waals surface area contributed by atoms with Crippen LogP contribution in [0.5, 0.6) is 0 Å². The maximum Gasteiger partial charge on any atom is 0.340 e. The maximum atomic E-state index is 12.8. The fourth-order valence-electron chi connectivity index (χ4n) is 3.43. The van der Waals surface area contributed by atoms with E-state index >= 15 is 0 Å². The van der Waals surface area contributed by atoms with Crippen molar-refractivity contribution in [1.82, 2.24) is 10.3 Å². The van der Waals surface area contributed by atoms with Gasteiger partial charge in [0.05, 0.1) is 18.2 Å². The molecule has 0 radical (unpaired) electrons. The summed E-state index contributed by atoms with van der Waals surface area (Å²) in [5.74, 6) is -0.00132. The highest BCUT2D eigenvalue weighted by Crippen LogP contribution is 2.29. The van der Waals surface area contributed by atoms with Gasteiger partial charge in [0.1, 0.15) is 17.0 Å². The molecule has 6 nitrogen and oxygen atoms in total. The summed E-state index contributed by atoms with van der Waals surface area (Å²) >= 11 is 0. The number of nitrogens with one attached hydrogen (secondary N) is 2. The number of para-hydroxylation sites is 1. The average molecular weight is 368 g/mol. The van der Waals surface area contributed by atoms with Crippen molar-refractivity contribution in [1.29, 1.82) is 0 Å². The van der Waals surface area contributed by atoms with Gasteiger partial charge in [-0.15, -0.1) is 0 Å². The van der Waals surface area contributed by atoms with Gasteiger partial charge in [-0.2, -0.15) is 0 Å². The molecule has 0 saturated heterocycles. The van der Waals surface area contributed by atoms with Gasteiger partial charge in [-0.1, -0.05) is 18.2 Å². The Morgan fingerprint density at radius 1 is 1.19 bits per heavy atom. The van der Waals surface area contributed by atoms with Gasteiger partial charge in [0.25, 0.3) is 5.91 Å². The molecule has 0 saturated carbocycles. The van der Waals surface area contributed by atoms with Gasteiger partial charge in [-0.25, -0.2) is 4.79 Å². The minimum Gasteiger partial charge on any atom is -0.462 e. The van der Waals surface area contributed by atoms with Crippen LogP contribution in [0.4, 0.5) is 0 Å². The van der Waals surface area contributed by atoms with Crippen LogP contribution < -0.4 is 5.32 Å². The van der Waals surface area contributed by atoms with E-state index in [-0.39, 0.29) is 18.6 Å². The second-order valence-electron chi connectivity index (χ2n) is 6.63. The number of ether oxygens (including phenoxy) is 1. The molecule has 0 bridgehead atoms. The van der Waals surface area contributed by atoms with E-state index in [1.54, 1.807) is 20.8 Å². The number of carbonyl (C=O) groups is 2. The Kier molecular flexibility index (Phi) is 5.08. The van der Waals surface area contributed by atoms with Gasteiger partial charge in [-0.3, -0.25) is 4.79 Å². The summed E-state index contributed by atoms with van der Waals surface area (Å²) < 4.78 is 11.0. The molecule has 3 aromatic rings. The SMILES string of the molecule is CCOC(=O)c1c(C)[nH]c(C(=O)NC(C)c2oc3ccccc3c2C)c1C. The first-order valence-electron chi connectivity index (χ1n) is 9.00. The molecule has 2 aromatic heterocycles. The van der Waals surface area contributed by atoms with E-state index in [2.05, 4.69) is 10.3 Å². The third kappa shape index (κ3) is 3.35. The number of fused-ring (bicyclic) bond motifs is 1. The molecule has 1 atom stereocenters. The zero-order chi connectivity index (χ0) is 19.7. The van der Waals surface area contributed by atoms with Crippen LogP contribution in [-0.4, -0.2) is 23.5 Å². The van der Waals surface area contributed by atoms with Crippen molar-refractivity contribution >= 4 is 22.8 Å². The second kappa shape index (κ2) is 7.31. The Morgan fingerprint density at radius 2 is 1.89 bits per heavy atom. The molecule has 2 heterocycles. The number of hydrogen-bond acceptors (Lipinski definition) is 4. The van der Waals surface area contributed by atoms with Crippen molar-refractivity contribution < 1.29 is 18.7 Å². The number of amides is 1. The zero-order valence-electron chi connectivity index (χ0n) is 16.2. The lowest BCUT2D eigenvalue weighted by molar-refractivity contribution is 0.0525. The number of benzene rings is 1. The molecule has 1 unspecified atom stereocenters. The molecule has 142 valence electrons. The molecule has 1 aromatic carbocycles. The summed E-state index contributed by atoms with van der Waals surface area (Å²) in [7, 11) is 0. The Hall–Kier alpha value is -3.02. The smallest absolute Gasteiger partial charge is 0.340 e. The van der Waals surface area contributed by atoms with Gasteiger partial charge < -0.3 is 19.5 Å². The summed E-state index contributed by atoms with van der Waals surface area (Å²) in [5, 5.41) is 3.98. The molecule has 0 fully saturated rings. The molecule has 6 heteroatoms. The number of H-pyrrole nitrogens is 1. The lowest BCUT2D eigenvalue weighted by atomic mass is 10.1. The Labute approximate surface area is 157 Å². The topological polar surface area (TPSA) is 84.3 Å². The number of carbonyl (C=O) groups excluding carboxylic acids is 2. The van der Waals surface area contributed by atoms with Gasteiger partial charge >= 0.3 is 5.97 Å². The average Bonchev–Trinajstić information content (AvgIpc) is 3.12. The molecule has 27 heavy (non-hydrogen) atoms. The van der Waals surface area contributed by atoms with Crippen molar-refractivity contribution in [2.45, 2.75) is 40.7 Å². The highest BCUT2D eigenvalue weighted by atomic mass is 16.5. The van der Waals surface area contributed by atoms with Gasteiger partial charge in [0.2, 0.25) is 0 Å². The van der Waals surface area contributed by atoms with Crippen molar-refractivity contribution in [3.63, 3.8) is 0 Å². The molecule has 3 rings (SSSR count). The van der Waals surface area contributed by atoms with Crippen LogP contribution in [-0.2, 0) is 4.74 Å². The van der Waals surface area contributed by atoms with Crippen molar-refractivity contribution in [2.75, 3.05) is 6.61 Å². The zero-order valence-corrected chi connectivity index (χ0v) is 16.2. The van der Waals surface area contributed by atoms with Gasteiger partial charge in [0.15, 0.2) is 0 Å². The highest BCUT2D eigenvalue weighted by Gasteiger charge is 2.25. The van der Waals surface area contributed by atoms with Crippen LogP contribution in [0, 0.1) is 20.8 Å². The largest absolute Gasteiger partial charge is 0.462 e. The fourth-order valence-corrected chi connectivity index (χ4v) is 3.43. The predicted molar refractivity (Wildman–Crippen MR) is 103 cm³/mol. The molecule has 0 spiro atoms. The quantitative estimate of drug-likeness (QED) is 0.656. The molecular weight excluding hydrogens is 344 g/mol. The van der Waals surface area contributed by atoms with Crippen LogP contribution in [0.2, 0.25) is 0 Å². The number of aromatic nitrogens is 1. The summed E-state index contributed by atoms with van der Waals surface area (Å²) in [6.07, 6.45) is 0. The minimum atomic E-state index is -0.427. The summed E-state index contributed by atoms with van der Waals surface area (Å²) in [6, 6.07) is 7.46. The van der Waals surface area contributed by atoms with E-state index in [0.717, 1.165) is 22.3 Å². The number of hydrogen-bond donors (Lipinski definition) is 2. The predicted octanol–water partition coefficient (Wildman–Crippen LogP) is 4.35. The maximum absolute atomic E-state index is 12.8. The lowest BCUT2D eigenvalue weighted by Crippen LogP contribution is -2.27. The monoisotopic (exact) mass is 368 g/mol. The van der Waals surface area contributed by atoms with Crippen molar-refractivity contribution in [3.8, 4) is 0 Å². The second-order valence-corrected chi connectivity index (χ2v) is 6.63. The first-order valence-corrected chi connectivity index (χ1v) is 9.00. The Balaban J connectivity index is 1.85. The van der Waals surface area contributed by atoms with Crippen molar-refractivity contribution in [3.05, 3.63) is 58.1 Å². The number of esters is 1. The third-order valence-electron chi connectivity index (χ3n) is 4.77. The van der Waals surface area contributed by atoms with Crippen LogP contribution in [0.15, 0.2) is 28.7 Å². The summed E-state index contributed by atoms with van der Waals surface area (Å²) in [6.45, 7) is 9.38. The minimum absolute atomic E-state index is 0.285. The van der Waals surface area contributed by atoms with E-state index in [0.29, 0.717) is 22.5 Å². The molecule has 2 N–H and O–H groups in total. The van der Waals surface area contributed by atoms with E-state index in [4.69, 9.17) is 9.15 Å².